The fourth-order valence-electron chi connectivity index (χ4n) is 4.19. The Hall–Kier alpha value is -4.40. The standard InChI is InChI=1S/C28H25F2N3O4/c1-2-37-26(35)15-9-18-8-13-24(31-16-18)32-25(34)14-12-23-27-21(4-3-5-22(27)30)28(36)33(23)17-19-6-10-20(29)11-7-19/h3-11,13,15-16,23H,2,12,14,17H2,1H3,(H,31,32,34). The summed E-state index contributed by atoms with van der Waals surface area (Å²) >= 11 is 0. The van der Waals surface area contributed by atoms with Gasteiger partial charge >= 0.3 is 5.97 Å². The lowest BCUT2D eigenvalue weighted by Crippen LogP contribution is -2.28. The van der Waals surface area contributed by atoms with E-state index in [1.165, 1.54) is 41.4 Å². The molecule has 1 aliphatic rings. The molecule has 9 heteroatoms. The number of aromatic nitrogens is 1. The van der Waals surface area contributed by atoms with Gasteiger partial charge < -0.3 is 15.0 Å². The highest BCUT2D eigenvalue weighted by molar-refractivity contribution is 5.99. The van der Waals surface area contributed by atoms with E-state index >= 15 is 0 Å². The zero-order valence-electron chi connectivity index (χ0n) is 20.1. The molecule has 7 nitrogen and oxygen atoms in total. The number of fused-ring (bicyclic) bond motifs is 1. The number of amides is 2. The average Bonchev–Trinajstić information content (AvgIpc) is 3.15. The predicted molar refractivity (Wildman–Crippen MR) is 133 cm³/mol. The second-order valence-electron chi connectivity index (χ2n) is 8.43. The molecule has 2 heterocycles. The topological polar surface area (TPSA) is 88.6 Å². The summed E-state index contributed by atoms with van der Waals surface area (Å²) in [4.78, 5) is 42.8. The van der Waals surface area contributed by atoms with Crippen LogP contribution in [0.2, 0.25) is 0 Å². The molecule has 3 aromatic rings. The van der Waals surface area contributed by atoms with Crippen molar-refractivity contribution in [2.24, 2.45) is 0 Å². The number of nitrogens with one attached hydrogen (secondary N) is 1. The Morgan fingerprint density at radius 1 is 1.11 bits per heavy atom. The lowest BCUT2D eigenvalue weighted by Gasteiger charge is -2.25. The minimum Gasteiger partial charge on any atom is -0.463 e. The number of rotatable bonds is 9. The van der Waals surface area contributed by atoms with Crippen molar-refractivity contribution in [3.63, 3.8) is 0 Å². The number of carbonyl (C=O) groups is 3. The number of pyridine rings is 1. The van der Waals surface area contributed by atoms with Gasteiger partial charge in [-0.1, -0.05) is 18.2 Å². The Morgan fingerprint density at radius 3 is 2.59 bits per heavy atom. The first-order valence-electron chi connectivity index (χ1n) is 11.8. The van der Waals surface area contributed by atoms with Crippen LogP contribution in [0.25, 0.3) is 6.08 Å². The Kier molecular flexibility index (Phi) is 8.02. The van der Waals surface area contributed by atoms with Crippen molar-refractivity contribution >= 4 is 29.7 Å². The minimum absolute atomic E-state index is 0.0117. The smallest absolute Gasteiger partial charge is 0.330 e. The molecule has 1 unspecified atom stereocenters. The molecule has 0 aliphatic carbocycles. The Balaban J connectivity index is 1.42. The first-order chi connectivity index (χ1) is 17.9. The van der Waals surface area contributed by atoms with Gasteiger partial charge in [0.05, 0.1) is 12.6 Å². The number of hydrogen-bond acceptors (Lipinski definition) is 5. The van der Waals surface area contributed by atoms with Crippen molar-refractivity contribution in [3.8, 4) is 0 Å². The Morgan fingerprint density at radius 2 is 1.89 bits per heavy atom. The van der Waals surface area contributed by atoms with Crippen LogP contribution in [0.5, 0.6) is 0 Å². The van der Waals surface area contributed by atoms with Gasteiger partial charge in [0.2, 0.25) is 5.91 Å². The number of benzene rings is 2. The van der Waals surface area contributed by atoms with Gasteiger partial charge in [-0.15, -0.1) is 0 Å². The third-order valence-corrected chi connectivity index (χ3v) is 5.92. The molecule has 1 atom stereocenters. The van der Waals surface area contributed by atoms with Crippen molar-refractivity contribution < 1.29 is 27.9 Å². The first-order valence-corrected chi connectivity index (χ1v) is 11.8. The molecule has 0 fully saturated rings. The van der Waals surface area contributed by atoms with Crippen LogP contribution in [0, 0.1) is 11.6 Å². The third-order valence-electron chi connectivity index (χ3n) is 5.92. The monoisotopic (exact) mass is 505 g/mol. The van der Waals surface area contributed by atoms with Crippen molar-refractivity contribution in [1.82, 2.24) is 9.88 Å². The summed E-state index contributed by atoms with van der Waals surface area (Å²) in [6.45, 7) is 2.15. The lowest BCUT2D eigenvalue weighted by atomic mass is 9.99. The highest BCUT2D eigenvalue weighted by Gasteiger charge is 2.38. The summed E-state index contributed by atoms with van der Waals surface area (Å²) < 4.78 is 32.9. The molecule has 1 N–H and O–H groups in total. The normalized spacial score (nSPS) is 14.6. The van der Waals surface area contributed by atoms with E-state index in [2.05, 4.69) is 10.3 Å². The van der Waals surface area contributed by atoms with Crippen molar-refractivity contribution in [1.29, 1.82) is 0 Å². The van der Waals surface area contributed by atoms with Crippen LogP contribution in [0.1, 0.15) is 52.9 Å². The highest BCUT2D eigenvalue weighted by atomic mass is 19.1. The number of nitrogens with zero attached hydrogens (tertiary/aromatic N) is 2. The molecule has 2 amide bonds. The van der Waals surface area contributed by atoms with Crippen molar-refractivity contribution in [3.05, 3.63) is 101 Å². The molecule has 4 rings (SSSR count). The van der Waals surface area contributed by atoms with Gasteiger partial charge in [0.1, 0.15) is 17.5 Å². The van der Waals surface area contributed by atoms with Gasteiger partial charge in [-0.05, 0) is 66.9 Å². The molecule has 0 bridgehead atoms. The maximum Gasteiger partial charge on any atom is 0.330 e. The van der Waals surface area contributed by atoms with E-state index in [9.17, 15) is 23.2 Å². The summed E-state index contributed by atoms with van der Waals surface area (Å²) in [5.74, 6) is -1.73. The molecule has 1 aliphatic heterocycles. The van der Waals surface area contributed by atoms with E-state index < -0.39 is 23.6 Å². The minimum atomic E-state index is -0.650. The van der Waals surface area contributed by atoms with Crippen LogP contribution < -0.4 is 5.32 Å². The summed E-state index contributed by atoms with van der Waals surface area (Å²) in [6.07, 6.45) is 4.54. The Bertz CT molecular complexity index is 1320. The maximum absolute atomic E-state index is 14.8. The molecule has 2 aromatic carbocycles. The molecule has 0 radical (unpaired) electrons. The van der Waals surface area contributed by atoms with Crippen LogP contribution in [0.3, 0.4) is 0 Å². The van der Waals surface area contributed by atoms with Crippen LogP contribution in [0.15, 0.2) is 66.9 Å². The van der Waals surface area contributed by atoms with Crippen LogP contribution in [-0.2, 0) is 20.9 Å². The largest absolute Gasteiger partial charge is 0.463 e. The number of hydrogen-bond donors (Lipinski definition) is 1. The van der Waals surface area contributed by atoms with E-state index in [1.54, 1.807) is 43.3 Å². The quantitative estimate of drug-likeness (QED) is 0.325. The molecule has 0 saturated carbocycles. The number of halogens is 2. The average molecular weight is 506 g/mol. The number of anilines is 1. The van der Waals surface area contributed by atoms with Gasteiger partial charge in [-0.25, -0.2) is 18.6 Å². The highest BCUT2D eigenvalue weighted by Crippen LogP contribution is 2.39. The van der Waals surface area contributed by atoms with E-state index in [-0.39, 0.29) is 48.9 Å². The maximum atomic E-state index is 14.8. The number of ether oxygens (including phenoxy) is 1. The van der Waals surface area contributed by atoms with Gasteiger partial charge in [-0.2, -0.15) is 0 Å². The van der Waals surface area contributed by atoms with E-state index in [4.69, 9.17) is 4.74 Å². The van der Waals surface area contributed by atoms with Gasteiger partial charge in [-0.3, -0.25) is 9.59 Å². The molecular weight excluding hydrogens is 480 g/mol. The van der Waals surface area contributed by atoms with Crippen molar-refractivity contribution in [2.45, 2.75) is 32.4 Å². The van der Waals surface area contributed by atoms with E-state index in [0.717, 1.165) is 0 Å². The molecule has 0 saturated heterocycles. The van der Waals surface area contributed by atoms with Gasteiger partial charge in [0.25, 0.3) is 5.91 Å². The third kappa shape index (κ3) is 6.24. The summed E-state index contributed by atoms with van der Waals surface area (Å²) in [6, 6.07) is 12.7. The summed E-state index contributed by atoms with van der Waals surface area (Å²) in [5, 5.41) is 2.69. The fraction of sp³-hybridized carbons (Fsp3) is 0.214. The van der Waals surface area contributed by atoms with Crippen LogP contribution in [-0.4, -0.2) is 34.3 Å². The predicted octanol–water partition coefficient (Wildman–Crippen LogP) is 5.05. The molecule has 1 aromatic heterocycles. The van der Waals surface area contributed by atoms with Gasteiger partial charge in [0, 0.05) is 36.4 Å². The number of esters is 1. The van der Waals surface area contributed by atoms with Crippen LogP contribution >= 0.6 is 0 Å². The fourth-order valence-corrected chi connectivity index (χ4v) is 4.19. The van der Waals surface area contributed by atoms with Gasteiger partial charge in [0.15, 0.2) is 0 Å². The SMILES string of the molecule is CCOC(=O)C=Cc1ccc(NC(=O)CCC2c3c(F)cccc3C(=O)N2Cc2ccc(F)cc2)nc1. The number of carbonyl (C=O) groups excluding carboxylic acids is 3. The van der Waals surface area contributed by atoms with Crippen LogP contribution in [0.4, 0.5) is 14.6 Å². The summed E-state index contributed by atoms with van der Waals surface area (Å²) in [5.41, 5.74) is 1.87. The molecule has 37 heavy (non-hydrogen) atoms. The molecule has 0 spiro atoms. The second kappa shape index (κ2) is 11.6. The Labute approximate surface area is 212 Å². The zero-order valence-corrected chi connectivity index (χ0v) is 20.1. The summed E-state index contributed by atoms with van der Waals surface area (Å²) in [7, 11) is 0. The molecular formula is C28H25F2N3O4. The zero-order chi connectivity index (χ0) is 26.4. The van der Waals surface area contributed by atoms with E-state index in [0.29, 0.717) is 16.9 Å². The van der Waals surface area contributed by atoms with E-state index in [1.807, 2.05) is 0 Å². The second-order valence-corrected chi connectivity index (χ2v) is 8.43. The lowest BCUT2D eigenvalue weighted by molar-refractivity contribution is -0.137. The van der Waals surface area contributed by atoms with Crippen molar-refractivity contribution in [2.75, 3.05) is 11.9 Å². The first kappa shape index (κ1) is 25.7. The molecule has 190 valence electrons.